The van der Waals surface area contributed by atoms with Crippen LogP contribution in [0.25, 0.3) is 0 Å². The zero-order chi connectivity index (χ0) is 16.1. The molecule has 2 rings (SSSR count). The van der Waals surface area contributed by atoms with Crippen molar-refractivity contribution in [3.05, 3.63) is 63.6 Å². The highest BCUT2D eigenvalue weighted by atomic mass is 16.5. The third-order valence-electron chi connectivity index (χ3n) is 3.35. The van der Waals surface area contributed by atoms with Crippen LogP contribution < -0.4 is 10.3 Å². The maximum atomic E-state index is 12.2. The molecule has 1 heterocycles. The van der Waals surface area contributed by atoms with E-state index in [1.165, 1.54) is 10.5 Å². The summed E-state index contributed by atoms with van der Waals surface area (Å²) in [6, 6.07) is 11.0. The number of hydrogen-bond donors (Lipinski definition) is 1. The lowest BCUT2D eigenvalue weighted by Crippen LogP contribution is -2.34. The average Bonchev–Trinajstić information content (AvgIpc) is 2.48. The normalized spacial score (nSPS) is 10.3. The third kappa shape index (κ3) is 3.97. The van der Waals surface area contributed by atoms with Gasteiger partial charge in [0.2, 0.25) is 0 Å². The summed E-state index contributed by atoms with van der Waals surface area (Å²) in [6.07, 6.45) is 0. The van der Waals surface area contributed by atoms with Crippen molar-refractivity contribution >= 4 is 5.91 Å². The summed E-state index contributed by atoms with van der Waals surface area (Å²) >= 11 is 0. The van der Waals surface area contributed by atoms with E-state index in [0.29, 0.717) is 13.2 Å². The van der Waals surface area contributed by atoms with Crippen LogP contribution in [0.2, 0.25) is 0 Å². The molecule has 0 fully saturated rings. The predicted molar refractivity (Wildman–Crippen MR) is 85.4 cm³/mol. The minimum absolute atomic E-state index is 0.142. The number of carbonyl (C=O) groups is 1. The summed E-state index contributed by atoms with van der Waals surface area (Å²) in [5, 5.41) is 0. The van der Waals surface area contributed by atoms with E-state index in [1.54, 1.807) is 26.1 Å². The number of rotatable bonds is 5. The Labute approximate surface area is 129 Å². The molecular weight excluding hydrogens is 280 g/mol. The number of aryl methyl sites for hydroxylation is 2. The molecule has 5 nitrogen and oxygen atoms in total. The molecule has 0 aliphatic carbocycles. The van der Waals surface area contributed by atoms with Gasteiger partial charge in [-0.05, 0) is 38.1 Å². The zero-order valence-corrected chi connectivity index (χ0v) is 13.1. The van der Waals surface area contributed by atoms with Crippen molar-refractivity contribution in [1.29, 1.82) is 0 Å². The van der Waals surface area contributed by atoms with Gasteiger partial charge in [0.15, 0.2) is 0 Å². The van der Waals surface area contributed by atoms with Crippen LogP contribution in [0.3, 0.4) is 0 Å². The summed E-state index contributed by atoms with van der Waals surface area (Å²) in [5.74, 6) is 0.452. The molecule has 5 heteroatoms. The fourth-order valence-corrected chi connectivity index (χ4v) is 1.98. The van der Waals surface area contributed by atoms with Crippen LogP contribution in [0.1, 0.15) is 21.6 Å². The van der Waals surface area contributed by atoms with Crippen LogP contribution in [0.5, 0.6) is 5.75 Å². The summed E-state index contributed by atoms with van der Waals surface area (Å²) < 4.78 is 5.59. The first-order chi connectivity index (χ1) is 10.5. The maximum Gasteiger partial charge on any atom is 0.260 e. The highest BCUT2D eigenvalue weighted by molar-refractivity contribution is 5.93. The minimum Gasteiger partial charge on any atom is -0.492 e. The highest BCUT2D eigenvalue weighted by Gasteiger charge is 2.15. The Morgan fingerprint density at radius 1 is 1.14 bits per heavy atom. The zero-order valence-electron chi connectivity index (χ0n) is 13.1. The average molecular weight is 300 g/mol. The molecule has 0 atom stereocenters. The van der Waals surface area contributed by atoms with Gasteiger partial charge in [0, 0.05) is 12.7 Å². The molecule has 116 valence electrons. The second-order valence-corrected chi connectivity index (χ2v) is 5.27. The van der Waals surface area contributed by atoms with Crippen molar-refractivity contribution in [1.82, 2.24) is 9.88 Å². The number of likely N-dealkylation sites (N-methyl/N-ethyl adjacent to an activating group) is 1. The van der Waals surface area contributed by atoms with E-state index in [9.17, 15) is 9.59 Å². The monoisotopic (exact) mass is 300 g/mol. The lowest BCUT2D eigenvalue weighted by molar-refractivity contribution is 0.0772. The number of benzene rings is 1. The standard InChI is InChI=1S/C17H20N2O3/c1-12-4-7-14(8-5-12)22-11-10-19(3)17(21)15-9-6-13(2)18-16(15)20/h4-9H,10-11H2,1-3H3,(H,18,20). The largest absolute Gasteiger partial charge is 0.492 e. The highest BCUT2D eigenvalue weighted by Crippen LogP contribution is 2.11. The Balaban J connectivity index is 1.91. The molecule has 1 aromatic carbocycles. The molecule has 0 unspecified atom stereocenters. The van der Waals surface area contributed by atoms with Gasteiger partial charge in [-0.15, -0.1) is 0 Å². The van der Waals surface area contributed by atoms with Gasteiger partial charge in [-0.2, -0.15) is 0 Å². The number of amides is 1. The molecule has 1 amide bonds. The summed E-state index contributed by atoms with van der Waals surface area (Å²) in [6.45, 7) is 4.55. The number of carbonyl (C=O) groups excluding carboxylic acids is 1. The van der Waals surface area contributed by atoms with E-state index < -0.39 is 0 Å². The number of aromatic amines is 1. The van der Waals surface area contributed by atoms with Gasteiger partial charge in [0.05, 0.1) is 6.54 Å². The van der Waals surface area contributed by atoms with E-state index in [4.69, 9.17) is 4.74 Å². The van der Waals surface area contributed by atoms with E-state index in [0.717, 1.165) is 11.4 Å². The number of H-pyrrole nitrogens is 1. The van der Waals surface area contributed by atoms with Gasteiger partial charge in [-0.1, -0.05) is 17.7 Å². The molecular formula is C17H20N2O3. The lowest BCUT2D eigenvalue weighted by Gasteiger charge is -2.17. The molecule has 22 heavy (non-hydrogen) atoms. The summed E-state index contributed by atoms with van der Waals surface area (Å²) in [7, 11) is 1.65. The first-order valence-corrected chi connectivity index (χ1v) is 7.12. The number of pyridine rings is 1. The van der Waals surface area contributed by atoms with E-state index in [1.807, 2.05) is 31.2 Å². The van der Waals surface area contributed by atoms with Gasteiger partial charge in [-0.25, -0.2) is 0 Å². The van der Waals surface area contributed by atoms with Crippen LogP contribution in [0, 0.1) is 13.8 Å². The van der Waals surface area contributed by atoms with E-state index >= 15 is 0 Å². The number of aromatic nitrogens is 1. The summed E-state index contributed by atoms with van der Waals surface area (Å²) in [4.78, 5) is 28.1. The fourth-order valence-electron chi connectivity index (χ4n) is 1.98. The molecule has 0 spiro atoms. The molecule has 2 aromatic rings. The summed E-state index contributed by atoms with van der Waals surface area (Å²) in [5.41, 5.74) is 1.67. The van der Waals surface area contributed by atoms with Gasteiger partial charge >= 0.3 is 0 Å². The van der Waals surface area contributed by atoms with Gasteiger partial charge in [-0.3, -0.25) is 9.59 Å². The Kier molecular flexibility index (Phi) is 4.99. The predicted octanol–water partition coefficient (Wildman–Crippen LogP) is 2.14. The lowest BCUT2D eigenvalue weighted by atomic mass is 10.2. The Hall–Kier alpha value is -2.56. The van der Waals surface area contributed by atoms with Gasteiger partial charge in [0.25, 0.3) is 11.5 Å². The first kappa shape index (κ1) is 15.8. The van der Waals surface area contributed by atoms with Crippen LogP contribution in [0.15, 0.2) is 41.2 Å². The first-order valence-electron chi connectivity index (χ1n) is 7.12. The smallest absolute Gasteiger partial charge is 0.260 e. The molecule has 0 saturated heterocycles. The molecule has 0 bridgehead atoms. The second-order valence-electron chi connectivity index (χ2n) is 5.27. The molecule has 0 aliphatic rings. The van der Waals surface area contributed by atoms with Crippen molar-refractivity contribution in [2.45, 2.75) is 13.8 Å². The number of nitrogens with one attached hydrogen (secondary N) is 1. The second kappa shape index (κ2) is 6.93. The van der Waals surface area contributed by atoms with Crippen LogP contribution >= 0.6 is 0 Å². The molecule has 0 radical (unpaired) electrons. The van der Waals surface area contributed by atoms with Crippen molar-refractivity contribution in [2.75, 3.05) is 20.2 Å². The van der Waals surface area contributed by atoms with Crippen molar-refractivity contribution in [3.8, 4) is 5.75 Å². The number of hydrogen-bond acceptors (Lipinski definition) is 3. The molecule has 1 aromatic heterocycles. The minimum atomic E-state index is -0.365. The van der Waals surface area contributed by atoms with E-state index in [-0.39, 0.29) is 17.0 Å². The Morgan fingerprint density at radius 3 is 2.45 bits per heavy atom. The van der Waals surface area contributed by atoms with Gasteiger partial charge < -0.3 is 14.6 Å². The van der Waals surface area contributed by atoms with Crippen molar-refractivity contribution in [3.63, 3.8) is 0 Å². The molecule has 0 aliphatic heterocycles. The third-order valence-corrected chi connectivity index (χ3v) is 3.35. The SMILES string of the molecule is Cc1ccc(OCCN(C)C(=O)c2ccc(C)[nH]c2=O)cc1. The maximum absolute atomic E-state index is 12.2. The van der Waals surface area contributed by atoms with Crippen LogP contribution in [-0.2, 0) is 0 Å². The van der Waals surface area contributed by atoms with Gasteiger partial charge in [0.1, 0.15) is 17.9 Å². The van der Waals surface area contributed by atoms with E-state index in [2.05, 4.69) is 4.98 Å². The number of nitrogens with zero attached hydrogens (tertiary/aromatic N) is 1. The van der Waals surface area contributed by atoms with Crippen LogP contribution in [-0.4, -0.2) is 36.0 Å². The van der Waals surface area contributed by atoms with Crippen molar-refractivity contribution < 1.29 is 9.53 Å². The van der Waals surface area contributed by atoms with Crippen LogP contribution in [0.4, 0.5) is 0 Å². The fraction of sp³-hybridized carbons (Fsp3) is 0.294. The quantitative estimate of drug-likeness (QED) is 0.920. The number of ether oxygens (including phenoxy) is 1. The van der Waals surface area contributed by atoms with Crippen molar-refractivity contribution in [2.24, 2.45) is 0 Å². The molecule has 0 saturated carbocycles. The topological polar surface area (TPSA) is 62.4 Å². The Bertz CT molecular complexity index is 705. The molecule has 1 N–H and O–H groups in total. The Morgan fingerprint density at radius 2 is 1.82 bits per heavy atom.